The molecule has 2 amide bonds. The van der Waals surface area contributed by atoms with Crippen molar-refractivity contribution in [3.63, 3.8) is 0 Å². The monoisotopic (exact) mass is 348 g/mol. The van der Waals surface area contributed by atoms with E-state index in [4.69, 9.17) is 15.5 Å². The Hall–Kier alpha value is -2.06. The molecule has 4 N–H and O–H groups in total. The van der Waals surface area contributed by atoms with E-state index in [9.17, 15) is 9.59 Å². The van der Waals surface area contributed by atoms with Crippen LogP contribution in [0.4, 0.5) is 4.79 Å². The molecule has 24 heavy (non-hydrogen) atoms. The van der Waals surface area contributed by atoms with Crippen molar-refractivity contribution >= 4 is 28.8 Å². The van der Waals surface area contributed by atoms with Crippen LogP contribution in [0.3, 0.4) is 0 Å². The van der Waals surface area contributed by atoms with Crippen molar-refractivity contribution in [2.24, 2.45) is 10.7 Å². The van der Waals surface area contributed by atoms with Crippen LogP contribution in [0.2, 0.25) is 0 Å². The Labute approximate surface area is 144 Å². The van der Waals surface area contributed by atoms with Gasteiger partial charge in [0.05, 0.1) is 6.61 Å². The topological polar surface area (TPSA) is 106 Å². The second-order valence-electron chi connectivity index (χ2n) is 5.76. The number of hydrogen-bond donors (Lipinski definition) is 3. The van der Waals surface area contributed by atoms with Gasteiger partial charge in [-0.05, 0) is 26.2 Å². The third-order valence-electron chi connectivity index (χ3n) is 4.32. The summed E-state index contributed by atoms with van der Waals surface area (Å²) in [5.41, 5.74) is 10.5. The summed E-state index contributed by atoms with van der Waals surface area (Å²) in [5.74, 6) is -0.319. The fourth-order valence-corrected chi connectivity index (χ4v) is 4.81. The van der Waals surface area contributed by atoms with E-state index in [1.165, 1.54) is 11.8 Å². The lowest BCUT2D eigenvalue weighted by Gasteiger charge is -2.35. The molecular formula is C16H20N4O3S. The molecule has 1 aliphatic carbocycles. The van der Waals surface area contributed by atoms with Crippen LogP contribution in [0, 0.1) is 0 Å². The number of thioether (sulfide) groups is 1. The average molecular weight is 348 g/mol. The van der Waals surface area contributed by atoms with Gasteiger partial charge in [0.15, 0.2) is 10.4 Å². The third-order valence-corrected chi connectivity index (χ3v) is 5.89. The Kier molecular flexibility index (Phi) is 4.51. The van der Waals surface area contributed by atoms with Crippen molar-refractivity contribution in [1.82, 2.24) is 10.9 Å². The van der Waals surface area contributed by atoms with Gasteiger partial charge in [-0.2, -0.15) is 0 Å². The molecule has 7 nitrogen and oxygen atoms in total. The Morgan fingerprint density at radius 3 is 2.75 bits per heavy atom. The van der Waals surface area contributed by atoms with E-state index < -0.39 is 16.4 Å². The molecule has 2 aliphatic rings. The van der Waals surface area contributed by atoms with Gasteiger partial charge in [0, 0.05) is 5.56 Å². The first-order chi connectivity index (χ1) is 11.5. The van der Waals surface area contributed by atoms with Crippen LogP contribution in [0.5, 0.6) is 0 Å². The van der Waals surface area contributed by atoms with E-state index in [1.54, 1.807) is 6.92 Å². The van der Waals surface area contributed by atoms with Crippen LogP contribution >= 0.6 is 11.8 Å². The third kappa shape index (κ3) is 2.65. The number of hydrogen-bond acceptors (Lipinski definition) is 6. The molecule has 1 saturated carbocycles. The van der Waals surface area contributed by atoms with Crippen molar-refractivity contribution in [2.75, 3.05) is 6.61 Å². The van der Waals surface area contributed by atoms with Crippen molar-refractivity contribution in [3.8, 4) is 0 Å². The molecule has 0 aromatic heterocycles. The maximum atomic E-state index is 12.8. The Balaban J connectivity index is 2.01. The number of esters is 1. The van der Waals surface area contributed by atoms with Gasteiger partial charge < -0.3 is 10.5 Å². The van der Waals surface area contributed by atoms with Gasteiger partial charge in [0.1, 0.15) is 5.04 Å². The van der Waals surface area contributed by atoms with Crippen LogP contribution in [0.25, 0.3) is 0 Å². The summed E-state index contributed by atoms with van der Waals surface area (Å²) in [7, 11) is 0. The van der Waals surface area contributed by atoms with E-state index in [0.717, 1.165) is 17.0 Å². The van der Waals surface area contributed by atoms with Crippen LogP contribution < -0.4 is 16.6 Å². The quantitative estimate of drug-likeness (QED) is 0.553. The van der Waals surface area contributed by atoms with Gasteiger partial charge >= 0.3 is 12.0 Å². The lowest BCUT2D eigenvalue weighted by Crippen LogP contribution is -2.64. The van der Waals surface area contributed by atoms with E-state index in [0.29, 0.717) is 19.4 Å². The van der Waals surface area contributed by atoms with Crippen molar-refractivity contribution < 1.29 is 14.3 Å². The molecule has 2 atom stereocenters. The number of primary amides is 1. The van der Waals surface area contributed by atoms with Gasteiger partial charge in [0.25, 0.3) is 0 Å². The number of ether oxygens (including phenoxy) is 1. The molecule has 3 rings (SSSR count). The minimum absolute atomic E-state index is 0.293. The van der Waals surface area contributed by atoms with Gasteiger partial charge in [-0.1, -0.05) is 42.1 Å². The number of fused-ring (bicyclic) bond motifs is 1. The number of hydrazine groups is 1. The number of amides is 2. The number of carbonyl (C=O) groups is 2. The van der Waals surface area contributed by atoms with E-state index >= 15 is 0 Å². The summed E-state index contributed by atoms with van der Waals surface area (Å²) in [6.45, 7) is 2.07. The molecule has 1 aromatic carbocycles. The zero-order chi connectivity index (χ0) is 17.2. The highest BCUT2D eigenvalue weighted by Crippen LogP contribution is 2.56. The predicted octanol–water partition coefficient (Wildman–Crippen LogP) is 1.54. The molecule has 1 aliphatic heterocycles. The summed E-state index contributed by atoms with van der Waals surface area (Å²) in [4.78, 5) is 28.7. The summed E-state index contributed by atoms with van der Waals surface area (Å²) >= 11 is 1.40. The lowest BCUT2D eigenvalue weighted by molar-refractivity contribution is -0.147. The molecule has 0 saturated heterocycles. The molecular weight excluding hydrogens is 328 g/mol. The van der Waals surface area contributed by atoms with Gasteiger partial charge in [-0.15, -0.1) is 0 Å². The Bertz CT molecular complexity index is 681. The number of carbonyl (C=O) groups excluding carboxylic acids is 2. The maximum Gasteiger partial charge on any atom is 0.326 e. The minimum atomic E-state index is -0.954. The zero-order valence-corrected chi connectivity index (χ0v) is 14.2. The molecule has 1 heterocycles. The zero-order valence-electron chi connectivity index (χ0n) is 13.4. The highest BCUT2D eigenvalue weighted by atomic mass is 32.2. The first kappa shape index (κ1) is 16.8. The molecule has 8 heteroatoms. The van der Waals surface area contributed by atoms with Crippen LogP contribution in [-0.2, 0) is 9.53 Å². The molecule has 128 valence electrons. The van der Waals surface area contributed by atoms with E-state index in [1.807, 2.05) is 30.3 Å². The summed E-state index contributed by atoms with van der Waals surface area (Å²) < 4.78 is 4.42. The Morgan fingerprint density at radius 1 is 1.33 bits per heavy atom. The summed E-state index contributed by atoms with van der Waals surface area (Å²) in [6.07, 6.45) is 2.02. The van der Waals surface area contributed by atoms with Gasteiger partial charge in [-0.3, -0.25) is 15.2 Å². The highest BCUT2D eigenvalue weighted by Gasteiger charge is 2.66. The molecule has 1 fully saturated rings. The minimum Gasteiger partial charge on any atom is -0.465 e. The lowest BCUT2D eigenvalue weighted by atomic mass is 9.96. The maximum absolute atomic E-state index is 12.8. The second-order valence-corrected chi connectivity index (χ2v) is 7.05. The standard InChI is InChI=1S/C16H20N4O3S/c1-2-23-13(21)15-9-6-10-16(15,20-19-14(17)22)18-12(24-15)11-7-4-3-5-8-11/h3-5,7-8,20H,2,6,9-10H2,1H3,(H3,17,19,22). The second kappa shape index (κ2) is 6.45. The molecule has 0 spiro atoms. The molecule has 1 aromatic rings. The molecule has 2 unspecified atom stereocenters. The number of urea groups is 1. The van der Waals surface area contributed by atoms with Crippen LogP contribution in [0.1, 0.15) is 31.7 Å². The number of nitrogens with two attached hydrogens (primary N) is 1. The normalized spacial score (nSPS) is 28.1. The Morgan fingerprint density at radius 2 is 2.08 bits per heavy atom. The SMILES string of the molecule is CCOC(=O)C12CCCC1(NNC(N)=O)N=C(c1ccccc1)S2. The number of nitrogens with one attached hydrogen (secondary N) is 2. The molecule has 0 radical (unpaired) electrons. The fraction of sp³-hybridized carbons (Fsp3) is 0.438. The highest BCUT2D eigenvalue weighted by molar-refractivity contribution is 8.16. The van der Waals surface area contributed by atoms with Crippen molar-refractivity contribution in [2.45, 2.75) is 36.6 Å². The average Bonchev–Trinajstić information content (AvgIpc) is 3.07. The number of nitrogens with zero attached hydrogens (tertiary/aromatic N) is 1. The smallest absolute Gasteiger partial charge is 0.326 e. The van der Waals surface area contributed by atoms with E-state index in [2.05, 4.69) is 10.9 Å². The number of rotatable bonds is 5. The number of benzene rings is 1. The van der Waals surface area contributed by atoms with Gasteiger partial charge in [0.2, 0.25) is 0 Å². The summed E-state index contributed by atoms with van der Waals surface area (Å²) in [5, 5.41) is 0.752. The van der Waals surface area contributed by atoms with Crippen LogP contribution in [0.15, 0.2) is 35.3 Å². The van der Waals surface area contributed by atoms with Crippen molar-refractivity contribution in [3.05, 3.63) is 35.9 Å². The van der Waals surface area contributed by atoms with Crippen molar-refractivity contribution in [1.29, 1.82) is 0 Å². The molecule has 0 bridgehead atoms. The first-order valence-electron chi connectivity index (χ1n) is 7.87. The summed E-state index contributed by atoms with van der Waals surface area (Å²) in [6, 6.07) is 8.94. The largest absolute Gasteiger partial charge is 0.465 e. The predicted molar refractivity (Wildman–Crippen MR) is 92.4 cm³/mol. The van der Waals surface area contributed by atoms with Crippen LogP contribution in [-0.4, -0.2) is 34.1 Å². The van der Waals surface area contributed by atoms with E-state index in [-0.39, 0.29) is 5.97 Å². The van der Waals surface area contributed by atoms with Gasteiger partial charge in [-0.25, -0.2) is 10.2 Å². The first-order valence-corrected chi connectivity index (χ1v) is 8.69. The fourth-order valence-electron chi connectivity index (χ4n) is 3.27. The number of aliphatic imine (C=N–C) groups is 1.